The lowest BCUT2D eigenvalue weighted by molar-refractivity contribution is 0.201. The molecule has 3 aromatic heterocycles. The first-order chi connectivity index (χ1) is 17.5. The average Bonchev–Trinajstić information content (AvgIpc) is 3.50. The minimum absolute atomic E-state index is 0.0380. The van der Waals surface area contributed by atoms with E-state index in [4.69, 9.17) is 9.84 Å². The van der Waals surface area contributed by atoms with E-state index in [0.717, 1.165) is 16.3 Å². The van der Waals surface area contributed by atoms with Crippen LogP contribution in [0.25, 0.3) is 31.8 Å². The molecule has 0 saturated carbocycles. The molecule has 0 spiro atoms. The summed E-state index contributed by atoms with van der Waals surface area (Å²) in [4.78, 5) is 26.0. The summed E-state index contributed by atoms with van der Waals surface area (Å²) in [5.41, 5.74) is 1.30. The molecule has 3 N–H and O–H groups in total. The Morgan fingerprint density at radius 1 is 1.19 bits per heavy atom. The van der Waals surface area contributed by atoms with Crippen molar-refractivity contribution in [2.45, 2.75) is 0 Å². The third-order valence-electron chi connectivity index (χ3n) is 5.60. The lowest BCUT2D eigenvalue weighted by Gasteiger charge is -2.14. The number of hydrogen-bond donors (Lipinski definition) is 3. The standard InChI is InChI=1S/C24H22F2N6O3S/c25-17-12-30-23(27-4-6-32-7-5-28-24(32)34)31-21(17)19-10-14-2-1-3-15(22(14)36-19)16-11-20(26)29-13-18(16)35-9-8-33/h1-3,10-13,33H,4-9H2,(H,28,34)(H,27,30,31). The number of carbonyl (C=O) groups excluding carboxylic acids is 1. The van der Waals surface area contributed by atoms with Crippen LogP contribution in [0.5, 0.6) is 5.75 Å². The molecule has 4 heterocycles. The van der Waals surface area contributed by atoms with Gasteiger partial charge in [0.05, 0.1) is 23.9 Å². The van der Waals surface area contributed by atoms with Gasteiger partial charge in [-0.1, -0.05) is 18.2 Å². The number of anilines is 1. The molecular weight excluding hydrogens is 490 g/mol. The van der Waals surface area contributed by atoms with Crippen LogP contribution < -0.4 is 15.4 Å². The van der Waals surface area contributed by atoms with Gasteiger partial charge in [-0.15, -0.1) is 11.3 Å². The molecule has 0 atom stereocenters. The summed E-state index contributed by atoms with van der Waals surface area (Å²) >= 11 is 1.31. The van der Waals surface area contributed by atoms with E-state index in [2.05, 4.69) is 25.6 Å². The fraction of sp³-hybridized carbons (Fsp3) is 0.250. The number of amides is 2. The van der Waals surface area contributed by atoms with Crippen LogP contribution in [0.3, 0.4) is 0 Å². The second kappa shape index (κ2) is 10.4. The second-order valence-corrected chi connectivity index (χ2v) is 9.00. The molecule has 1 aromatic carbocycles. The predicted octanol–water partition coefficient (Wildman–Crippen LogP) is 3.51. The van der Waals surface area contributed by atoms with E-state index in [1.54, 1.807) is 4.90 Å². The van der Waals surface area contributed by atoms with Crippen molar-refractivity contribution in [2.75, 3.05) is 44.7 Å². The van der Waals surface area contributed by atoms with E-state index in [1.807, 2.05) is 24.3 Å². The molecule has 4 aromatic rings. The van der Waals surface area contributed by atoms with Crippen LogP contribution >= 0.6 is 11.3 Å². The van der Waals surface area contributed by atoms with Gasteiger partial charge in [-0.05, 0) is 11.5 Å². The fourth-order valence-electron chi connectivity index (χ4n) is 3.94. The van der Waals surface area contributed by atoms with Crippen LogP contribution in [0, 0.1) is 11.8 Å². The highest BCUT2D eigenvalue weighted by atomic mass is 32.1. The van der Waals surface area contributed by atoms with E-state index in [0.29, 0.717) is 47.9 Å². The number of rotatable bonds is 9. The number of aliphatic hydroxyl groups excluding tert-OH is 1. The van der Waals surface area contributed by atoms with Gasteiger partial charge in [0.15, 0.2) is 5.82 Å². The molecule has 186 valence electrons. The Morgan fingerprint density at radius 3 is 2.89 bits per heavy atom. The maximum absolute atomic E-state index is 14.8. The molecule has 5 rings (SSSR count). The number of aliphatic hydroxyl groups is 1. The number of ether oxygens (including phenoxy) is 1. The van der Waals surface area contributed by atoms with Crippen molar-refractivity contribution in [3.8, 4) is 27.4 Å². The summed E-state index contributed by atoms with van der Waals surface area (Å²) in [7, 11) is 0. The maximum Gasteiger partial charge on any atom is 0.317 e. The Hall–Kier alpha value is -3.90. The van der Waals surface area contributed by atoms with Crippen molar-refractivity contribution in [3.05, 3.63) is 54.5 Å². The molecule has 1 aliphatic heterocycles. The number of nitrogens with one attached hydrogen (secondary N) is 2. The van der Waals surface area contributed by atoms with Gasteiger partial charge in [0, 0.05) is 48.1 Å². The van der Waals surface area contributed by atoms with Gasteiger partial charge in [0.2, 0.25) is 11.9 Å². The van der Waals surface area contributed by atoms with E-state index < -0.39 is 11.8 Å². The zero-order chi connectivity index (χ0) is 25.1. The smallest absolute Gasteiger partial charge is 0.317 e. The summed E-state index contributed by atoms with van der Waals surface area (Å²) in [6, 6.07) is 8.50. The molecule has 0 unspecified atom stereocenters. The monoisotopic (exact) mass is 512 g/mol. The van der Waals surface area contributed by atoms with Gasteiger partial charge in [0.1, 0.15) is 18.1 Å². The first kappa shape index (κ1) is 23.8. The van der Waals surface area contributed by atoms with Crippen molar-refractivity contribution in [2.24, 2.45) is 0 Å². The summed E-state index contributed by atoms with van der Waals surface area (Å²) < 4.78 is 35.2. The number of pyridine rings is 1. The molecule has 2 amide bonds. The summed E-state index contributed by atoms with van der Waals surface area (Å²) in [6.07, 6.45) is 2.39. The Bertz CT molecular complexity index is 1420. The second-order valence-electron chi connectivity index (χ2n) is 7.95. The first-order valence-electron chi connectivity index (χ1n) is 11.2. The van der Waals surface area contributed by atoms with E-state index in [-0.39, 0.29) is 30.9 Å². The van der Waals surface area contributed by atoms with Gasteiger partial charge < -0.3 is 25.4 Å². The Labute approximate surface area is 208 Å². The number of fused-ring (bicyclic) bond motifs is 1. The van der Waals surface area contributed by atoms with Crippen molar-refractivity contribution < 1.29 is 23.4 Å². The van der Waals surface area contributed by atoms with E-state index in [1.165, 1.54) is 23.6 Å². The first-order valence-corrected chi connectivity index (χ1v) is 12.1. The number of nitrogens with zero attached hydrogens (tertiary/aromatic N) is 4. The molecule has 0 radical (unpaired) electrons. The van der Waals surface area contributed by atoms with Crippen molar-refractivity contribution >= 4 is 33.4 Å². The molecule has 1 saturated heterocycles. The van der Waals surface area contributed by atoms with Gasteiger partial charge >= 0.3 is 6.03 Å². The molecule has 36 heavy (non-hydrogen) atoms. The minimum atomic E-state index is -0.667. The van der Waals surface area contributed by atoms with Crippen LogP contribution in [0.15, 0.2) is 42.7 Å². The lowest BCUT2D eigenvalue weighted by Crippen LogP contribution is -2.32. The highest BCUT2D eigenvalue weighted by molar-refractivity contribution is 7.22. The largest absolute Gasteiger partial charge is 0.489 e. The van der Waals surface area contributed by atoms with Crippen LogP contribution in [-0.2, 0) is 0 Å². The summed E-state index contributed by atoms with van der Waals surface area (Å²) in [5, 5.41) is 15.7. The predicted molar refractivity (Wildman–Crippen MR) is 132 cm³/mol. The molecule has 1 aliphatic rings. The lowest BCUT2D eigenvalue weighted by atomic mass is 10.0. The Balaban J connectivity index is 1.45. The Morgan fingerprint density at radius 2 is 2.08 bits per heavy atom. The topological polar surface area (TPSA) is 113 Å². The van der Waals surface area contributed by atoms with Crippen molar-refractivity contribution in [3.63, 3.8) is 0 Å². The number of hydrogen-bond acceptors (Lipinski definition) is 8. The SMILES string of the molecule is O=C1NCCN1CCNc1ncc(F)c(-c2cc3cccc(-c4cc(F)ncc4OCCO)c3s2)n1. The van der Waals surface area contributed by atoms with Crippen molar-refractivity contribution in [1.82, 2.24) is 25.2 Å². The van der Waals surface area contributed by atoms with Crippen molar-refractivity contribution in [1.29, 1.82) is 0 Å². The molecule has 1 fully saturated rings. The van der Waals surface area contributed by atoms with Gasteiger partial charge in [-0.3, -0.25) is 0 Å². The van der Waals surface area contributed by atoms with Gasteiger partial charge in [0.25, 0.3) is 0 Å². The fourth-order valence-corrected chi connectivity index (χ4v) is 5.12. The van der Waals surface area contributed by atoms with Crippen LogP contribution in [0.4, 0.5) is 19.5 Å². The molecule has 9 nitrogen and oxygen atoms in total. The third-order valence-corrected chi connectivity index (χ3v) is 6.80. The zero-order valence-electron chi connectivity index (χ0n) is 19.0. The van der Waals surface area contributed by atoms with Gasteiger partial charge in [-0.25, -0.2) is 24.1 Å². The number of carbonyl (C=O) groups is 1. The highest BCUT2D eigenvalue weighted by Crippen LogP contribution is 2.42. The Kier molecular flexibility index (Phi) is 6.87. The molecular formula is C24H22F2N6O3S. The number of aromatic nitrogens is 3. The molecule has 0 aliphatic carbocycles. The van der Waals surface area contributed by atoms with Crippen LogP contribution in [0.2, 0.25) is 0 Å². The highest BCUT2D eigenvalue weighted by Gasteiger charge is 2.20. The van der Waals surface area contributed by atoms with Gasteiger partial charge in [-0.2, -0.15) is 4.39 Å². The summed E-state index contributed by atoms with van der Waals surface area (Å²) in [5.74, 6) is -0.660. The normalized spacial score (nSPS) is 13.3. The number of urea groups is 1. The number of halogens is 2. The molecule has 0 bridgehead atoms. The summed E-state index contributed by atoms with van der Waals surface area (Å²) in [6.45, 7) is 1.98. The number of benzene rings is 1. The molecule has 12 heteroatoms. The average molecular weight is 513 g/mol. The quantitative estimate of drug-likeness (QED) is 0.294. The number of thiophene rings is 1. The third kappa shape index (κ3) is 4.90. The zero-order valence-corrected chi connectivity index (χ0v) is 19.8. The van der Waals surface area contributed by atoms with Crippen LogP contribution in [0.1, 0.15) is 0 Å². The maximum atomic E-state index is 14.8. The minimum Gasteiger partial charge on any atom is -0.489 e. The van der Waals surface area contributed by atoms with E-state index in [9.17, 15) is 13.6 Å². The van der Waals surface area contributed by atoms with Crippen LogP contribution in [-0.4, -0.2) is 70.4 Å². The van der Waals surface area contributed by atoms with E-state index >= 15 is 0 Å².